The summed E-state index contributed by atoms with van der Waals surface area (Å²) < 4.78 is 37.8. The first kappa shape index (κ1) is 21.0. The van der Waals surface area contributed by atoms with Crippen molar-refractivity contribution in [2.75, 3.05) is 25.0 Å². The van der Waals surface area contributed by atoms with E-state index in [-0.39, 0.29) is 13.2 Å². The van der Waals surface area contributed by atoms with Gasteiger partial charge in [0.1, 0.15) is 28.7 Å². The zero-order chi connectivity index (χ0) is 21.7. The number of para-hydroxylation sites is 1. The molecule has 30 heavy (non-hydrogen) atoms. The van der Waals surface area contributed by atoms with Crippen LogP contribution in [0.3, 0.4) is 0 Å². The van der Waals surface area contributed by atoms with Gasteiger partial charge in [-0.05, 0) is 37.3 Å². The standard InChI is InChI=1S/C21H18F2N2O5/c1-2-25(11-18(26)24-21-15(22)4-3-5-16(21)23)19(27)12-29-14-8-6-13-7-9-20(28)30-17(13)10-14/h3-10H,2,11-12H2,1H3,(H,24,26). The van der Waals surface area contributed by atoms with Gasteiger partial charge >= 0.3 is 5.63 Å². The molecule has 1 heterocycles. The SMILES string of the molecule is CCN(CC(=O)Nc1c(F)cccc1F)C(=O)COc1ccc2ccc(=O)oc2c1. The van der Waals surface area contributed by atoms with Crippen molar-refractivity contribution in [2.24, 2.45) is 0 Å². The number of fused-ring (bicyclic) bond motifs is 1. The Balaban J connectivity index is 1.60. The van der Waals surface area contributed by atoms with Crippen molar-refractivity contribution in [1.82, 2.24) is 4.90 Å². The highest BCUT2D eigenvalue weighted by Crippen LogP contribution is 2.20. The molecule has 2 aromatic carbocycles. The summed E-state index contributed by atoms with van der Waals surface area (Å²) in [5.74, 6) is -2.77. The van der Waals surface area contributed by atoms with E-state index in [0.717, 1.165) is 12.1 Å². The Morgan fingerprint density at radius 2 is 1.80 bits per heavy atom. The van der Waals surface area contributed by atoms with Crippen molar-refractivity contribution < 1.29 is 27.5 Å². The monoisotopic (exact) mass is 416 g/mol. The minimum absolute atomic E-state index is 0.183. The number of rotatable bonds is 7. The third-order valence-electron chi connectivity index (χ3n) is 4.25. The van der Waals surface area contributed by atoms with E-state index >= 15 is 0 Å². The van der Waals surface area contributed by atoms with Crippen LogP contribution in [0.2, 0.25) is 0 Å². The van der Waals surface area contributed by atoms with E-state index in [9.17, 15) is 23.2 Å². The number of benzene rings is 2. The summed E-state index contributed by atoms with van der Waals surface area (Å²) in [6.07, 6.45) is 0. The quantitative estimate of drug-likeness (QED) is 0.599. The normalized spacial score (nSPS) is 10.6. The van der Waals surface area contributed by atoms with E-state index < -0.39 is 41.3 Å². The Labute approximate surface area is 169 Å². The Morgan fingerprint density at radius 1 is 1.10 bits per heavy atom. The molecule has 9 heteroatoms. The third kappa shape index (κ3) is 4.99. The van der Waals surface area contributed by atoms with Crippen LogP contribution in [0.4, 0.5) is 14.5 Å². The highest BCUT2D eigenvalue weighted by atomic mass is 19.1. The molecule has 7 nitrogen and oxygen atoms in total. The van der Waals surface area contributed by atoms with E-state index in [0.29, 0.717) is 16.7 Å². The lowest BCUT2D eigenvalue weighted by Crippen LogP contribution is -2.40. The van der Waals surface area contributed by atoms with E-state index in [1.807, 2.05) is 0 Å². The van der Waals surface area contributed by atoms with Gasteiger partial charge in [0.05, 0.1) is 6.54 Å². The van der Waals surface area contributed by atoms with Crippen LogP contribution in [0.15, 0.2) is 57.7 Å². The lowest BCUT2D eigenvalue weighted by atomic mass is 10.2. The van der Waals surface area contributed by atoms with Gasteiger partial charge < -0.3 is 19.4 Å². The summed E-state index contributed by atoms with van der Waals surface area (Å²) in [7, 11) is 0. The van der Waals surface area contributed by atoms with Gasteiger partial charge in [-0.1, -0.05) is 6.07 Å². The second-order valence-corrected chi connectivity index (χ2v) is 6.30. The van der Waals surface area contributed by atoms with Crippen molar-refractivity contribution in [3.05, 3.63) is 70.6 Å². The zero-order valence-corrected chi connectivity index (χ0v) is 16.0. The van der Waals surface area contributed by atoms with Crippen molar-refractivity contribution >= 4 is 28.5 Å². The fourth-order valence-corrected chi connectivity index (χ4v) is 2.71. The molecule has 0 aliphatic carbocycles. The number of carbonyl (C=O) groups is 2. The van der Waals surface area contributed by atoms with Gasteiger partial charge in [-0.25, -0.2) is 13.6 Å². The van der Waals surface area contributed by atoms with E-state index in [2.05, 4.69) is 5.32 Å². The van der Waals surface area contributed by atoms with E-state index in [1.54, 1.807) is 25.1 Å². The molecule has 1 aromatic heterocycles. The predicted octanol–water partition coefficient (Wildman–Crippen LogP) is 2.94. The maximum atomic E-state index is 13.7. The molecule has 0 bridgehead atoms. The minimum atomic E-state index is -0.913. The number of halogens is 2. The van der Waals surface area contributed by atoms with Crippen molar-refractivity contribution in [3.63, 3.8) is 0 Å². The Bertz CT molecular complexity index is 1130. The average molecular weight is 416 g/mol. The molecule has 0 radical (unpaired) electrons. The van der Waals surface area contributed by atoms with Gasteiger partial charge in [0.15, 0.2) is 6.61 Å². The first-order valence-electron chi connectivity index (χ1n) is 9.05. The maximum absolute atomic E-state index is 13.7. The van der Waals surface area contributed by atoms with Crippen LogP contribution in [-0.4, -0.2) is 36.4 Å². The van der Waals surface area contributed by atoms with Crippen LogP contribution in [0.5, 0.6) is 5.75 Å². The van der Waals surface area contributed by atoms with Crippen LogP contribution in [0.1, 0.15) is 6.92 Å². The Hall–Kier alpha value is -3.75. The molecule has 0 atom stereocenters. The minimum Gasteiger partial charge on any atom is -0.484 e. The molecule has 0 saturated carbocycles. The largest absolute Gasteiger partial charge is 0.484 e. The molecule has 0 unspecified atom stereocenters. The van der Waals surface area contributed by atoms with Gasteiger partial charge in [-0.3, -0.25) is 9.59 Å². The number of carbonyl (C=O) groups excluding carboxylic acids is 2. The maximum Gasteiger partial charge on any atom is 0.336 e. The molecule has 2 amide bonds. The van der Waals surface area contributed by atoms with Gasteiger partial charge in [-0.2, -0.15) is 0 Å². The second-order valence-electron chi connectivity index (χ2n) is 6.30. The molecule has 3 rings (SSSR count). The fourth-order valence-electron chi connectivity index (χ4n) is 2.71. The first-order valence-corrected chi connectivity index (χ1v) is 9.05. The van der Waals surface area contributed by atoms with Crippen LogP contribution in [0.25, 0.3) is 11.0 Å². The first-order chi connectivity index (χ1) is 14.4. The molecule has 1 N–H and O–H groups in total. The number of likely N-dealkylation sites (N-methyl/N-ethyl adjacent to an activating group) is 1. The summed E-state index contributed by atoms with van der Waals surface area (Å²) in [6, 6.07) is 10.9. The number of nitrogens with zero attached hydrogens (tertiary/aromatic N) is 1. The van der Waals surface area contributed by atoms with Crippen LogP contribution < -0.4 is 15.7 Å². The van der Waals surface area contributed by atoms with E-state index in [4.69, 9.17) is 9.15 Å². The van der Waals surface area contributed by atoms with Crippen LogP contribution >= 0.6 is 0 Å². The summed E-state index contributed by atoms with van der Waals surface area (Å²) in [6.45, 7) is 1.05. The third-order valence-corrected chi connectivity index (χ3v) is 4.25. The Morgan fingerprint density at radius 3 is 2.50 bits per heavy atom. The highest BCUT2D eigenvalue weighted by molar-refractivity contribution is 5.95. The van der Waals surface area contributed by atoms with Crippen molar-refractivity contribution in [2.45, 2.75) is 6.92 Å². The molecule has 0 spiro atoms. The smallest absolute Gasteiger partial charge is 0.336 e. The predicted molar refractivity (Wildman–Crippen MR) is 105 cm³/mol. The highest BCUT2D eigenvalue weighted by Gasteiger charge is 2.18. The van der Waals surface area contributed by atoms with Gasteiger partial charge in [0.25, 0.3) is 5.91 Å². The molecule has 0 fully saturated rings. The number of ether oxygens (including phenoxy) is 1. The summed E-state index contributed by atoms with van der Waals surface area (Å²) in [4.78, 5) is 37.0. The molecule has 0 saturated heterocycles. The average Bonchev–Trinajstić information content (AvgIpc) is 2.72. The number of hydrogen-bond donors (Lipinski definition) is 1. The summed E-state index contributed by atoms with van der Waals surface area (Å²) in [5.41, 5.74) is -0.767. The van der Waals surface area contributed by atoms with Gasteiger partial charge in [0, 0.05) is 24.1 Å². The van der Waals surface area contributed by atoms with Gasteiger partial charge in [-0.15, -0.1) is 0 Å². The molecular weight excluding hydrogens is 398 g/mol. The van der Waals surface area contributed by atoms with Crippen molar-refractivity contribution in [3.8, 4) is 5.75 Å². The lowest BCUT2D eigenvalue weighted by molar-refractivity contribution is -0.136. The zero-order valence-electron chi connectivity index (χ0n) is 16.0. The number of nitrogens with one attached hydrogen (secondary N) is 1. The summed E-state index contributed by atoms with van der Waals surface area (Å²) >= 11 is 0. The second kappa shape index (κ2) is 9.17. The van der Waals surface area contributed by atoms with Crippen LogP contribution in [0, 0.1) is 11.6 Å². The number of anilines is 1. The molecule has 0 aliphatic heterocycles. The molecule has 156 valence electrons. The molecule has 0 aliphatic rings. The molecular formula is C21H18F2N2O5. The topological polar surface area (TPSA) is 88.9 Å². The fraction of sp³-hybridized carbons (Fsp3) is 0.190. The molecule has 3 aromatic rings. The number of hydrogen-bond acceptors (Lipinski definition) is 5. The van der Waals surface area contributed by atoms with E-state index in [1.165, 1.54) is 23.1 Å². The lowest BCUT2D eigenvalue weighted by Gasteiger charge is -2.20. The number of amides is 2. The van der Waals surface area contributed by atoms with Gasteiger partial charge in [0.2, 0.25) is 5.91 Å². The Kier molecular flexibility index (Phi) is 6.41. The van der Waals surface area contributed by atoms with Crippen molar-refractivity contribution in [1.29, 1.82) is 0 Å². The van der Waals surface area contributed by atoms with Crippen LogP contribution in [-0.2, 0) is 9.59 Å². The summed E-state index contributed by atoms with van der Waals surface area (Å²) in [5, 5.41) is 2.83.